The molecule has 4 N–H and O–H groups in total. The summed E-state index contributed by atoms with van der Waals surface area (Å²) in [4.78, 5) is 27.6. The molecule has 0 saturated carbocycles. The number of rotatable bonds is 7. The topological polar surface area (TPSA) is 226 Å². The zero-order valence-electron chi connectivity index (χ0n) is 22.3. The van der Waals surface area contributed by atoms with Crippen LogP contribution in [0.25, 0.3) is 22.1 Å². The molecule has 0 radical (unpaired) electrons. The molecule has 41 heavy (non-hydrogen) atoms. The lowest BCUT2D eigenvalue weighted by atomic mass is 9.96. The lowest BCUT2D eigenvalue weighted by Gasteiger charge is -2.35. The van der Waals surface area contributed by atoms with Gasteiger partial charge in [0.1, 0.15) is 0 Å². The Balaban J connectivity index is 0.000000165. The van der Waals surface area contributed by atoms with Crippen molar-refractivity contribution in [3.8, 4) is 0 Å². The molecule has 17 heteroatoms. The van der Waals surface area contributed by atoms with Crippen molar-refractivity contribution in [1.29, 1.82) is 0 Å². The SMILES string of the molecule is NCC1CCN(c2ccc([N+](=O)[O-])c3nonc23)CC1.NCCN1CCN(c2ccc([N+](=O)[O-])c3nonc23)CC1. The number of nitrogens with two attached hydrogens (primary N) is 2. The van der Waals surface area contributed by atoms with Crippen molar-refractivity contribution in [3.63, 3.8) is 0 Å². The minimum absolute atomic E-state index is 0.0816. The zero-order valence-corrected chi connectivity index (χ0v) is 22.3. The predicted octanol–water partition coefficient (Wildman–Crippen LogP) is 1.52. The first-order valence-corrected chi connectivity index (χ1v) is 13.3. The van der Waals surface area contributed by atoms with Crippen LogP contribution in [0.5, 0.6) is 0 Å². The average molecular weight is 570 g/mol. The number of aromatic nitrogens is 4. The monoisotopic (exact) mass is 569 g/mol. The van der Waals surface area contributed by atoms with E-state index in [2.05, 4.69) is 44.6 Å². The van der Waals surface area contributed by atoms with Gasteiger partial charge in [0.15, 0.2) is 11.0 Å². The number of piperidine rings is 1. The van der Waals surface area contributed by atoms with E-state index in [1.165, 1.54) is 12.1 Å². The fourth-order valence-electron chi connectivity index (χ4n) is 5.29. The van der Waals surface area contributed by atoms with Crippen LogP contribution in [-0.4, -0.2) is 94.3 Å². The molecule has 2 aliphatic rings. The highest BCUT2D eigenvalue weighted by Gasteiger charge is 2.26. The van der Waals surface area contributed by atoms with Crippen molar-refractivity contribution in [3.05, 3.63) is 44.5 Å². The van der Waals surface area contributed by atoms with Gasteiger partial charge in [0.25, 0.3) is 0 Å². The van der Waals surface area contributed by atoms with Gasteiger partial charge in [-0.05, 0) is 58.1 Å². The molecule has 4 heterocycles. The number of hydrogen-bond acceptors (Lipinski definition) is 15. The van der Waals surface area contributed by atoms with Gasteiger partial charge >= 0.3 is 11.4 Å². The highest BCUT2D eigenvalue weighted by atomic mass is 16.6. The van der Waals surface area contributed by atoms with Crippen LogP contribution in [0.2, 0.25) is 0 Å². The molecule has 0 aliphatic carbocycles. The van der Waals surface area contributed by atoms with E-state index >= 15 is 0 Å². The van der Waals surface area contributed by atoms with Crippen molar-refractivity contribution in [2.45, 2.75) is 12.8 Å². The number of piperazine rings is 1. The van der Waals surface area contributed by atoms with E-state index in [0.717, 1.165) is 70.0 Å². The summed E-state index contributed by atoms with van der Waals surface area (Å²) in [7, 11) is 0. The number of fused-ring (bicyclic) bond motifs is 2. The van der Waals surface area contributed by atoms with E-state index in [9.17, 15) is 20.2 Å². The van der Waals surface area contributed by atoms with Gasteiger partial charge in [-0.25, -0.2) is 9.26 Å². The highest BCUT2D eigenvalue weighted by Crippen LogP contribution is 2.33. The van der Waals surface area contributed by atoms with Crippen LogP contribution in [0, 0.1) is 26.1 Å². The smallest absolute Gasteiger partial charge is 0.300 e. The van der Waals surface area contributed by atoms with Gasteiger partial charge in [0.05, 0.1) is 21.2 Å². The number of anilines is 2. The molecule has 4 aromatic rings. The largest absolute Gasteiger partial charge is 0.370 e. The van der Waals surface area contributed by atoms with E-state index in [0.29, 0.717) is 30.0 Å². The summed E-state index contributed by atoms with van der Waals surface area (Å²) >= 11 is 0. The molecule has 17 nitrogen and oxygen atoms in total. The molecule has 2 fully saturated rings. The molecule has 2 aliphatic heterocycles. The Hall–Kier alpha value is -4.48. The molecule has 2 saturated heterocycles. The Morgan fingerprint density at radius 1 is 0.732 bits per heavy atom. The maximum Gasteiger partial charge on any atom is 0.300 e. The number of nitro groups is 2. The van der Waals surface area contributed by atoms with E-state index in [-0.39, 0.29) is 22.4 Å². The van der Waals surface area contributed by atoms with Crippen molar-refractivity contribution in [2.75, 3.05) is 68.7 Å². The molecular weight excluding hydrogens is 538 g/mol. The molecule has 0 unspecified atom stereocenters. The Morgan fingerprint density at radius 2 is 1.20 bits per heavy atom. The second kappa shape index (κ2) is 12.4. The average Bonchev–Trinajstić information content (AvgIpc) is 3.68. The molecule has 0 atom stereocenters. The summed E-state index contributed by atoms with van der Waals surface area (Å²) in [5.41, 5.74) is 14.0. The molecule has 218 valence electrons. The summed E-state index contributed by atoms with van der Waals surface area (Å²) in [5, 5.41) is 36.9. The summed E-state index contributed by atoms with van der Waals surface area (Å²) < 4.78 is 9.37. The minimum Gasteiger partial charge on any atom is -0.370 e. The molecular formula is C24H31N11O6. The molecule has 6 rings (SSSR count). The first-order chi connectivity index (χ1) is 19.9. The molecule has 2 aromatic heterocycles. The first-order valence-electron chi connectivity index (χ1n) is 13.3. The van der Waals surface area contributed by atoms with E-state index < -0.39 is 9.85 Å². The highest BCUT2D eigenvalue weighted by molar-refractivity contribution is 5.94. The molecule has 0 spiro atoms. The quantitative estimate of drug-likeness (QED) is 0.237. The van der Waals surface area contributed by atoms with Crippen LogP contribution in [0.15, 0.2) is 33.5 Å². The van der Waals surface area contributed by atoms with Crippen molar-refractivity contribution in [1.82, 2.24) is 25.5 Å². The second-order valence-corrected chi connectivity index (χ2v) is 9.93. The lowest BCUT2D eigenvalue weighted by Crippen LogP contribution is -2.47. The number of non-ortho nitro benzene ring substituents is 2. The fraction of sp³-hybridized carbons (Fsp3) is 0.500. The van der Waals surface area contributed by atoms with Crippen LogP contribution in [0.1, 0.15) is 12.8 Å². The van der Waals surface area contributed by atoms with Gasteiger partial charge in [-0.15, -0.1) is 0 Å². The normalized spacial score (nSPS) is 16.6. The minimum atomic E-state index is -0.477. The third-order valence-corrected chi connectivity index (χ3v) is 7.59. The fourth-order valence-corrected chi connectivity index (χ4v) is 5.29. The zero-order chi connectivity index (χ0) is 28.9. The summed E-state index contributed by atoms with van der Waals surface area (Å²) in [6.45, 7) is 7.41. The van der Waals surface area contributed by atoms with Crippen molar-refractivity contribution >= 4 is 44.8 Å². The first kappa shape index (κ1) is 28.1. The van der Waals surface area contributed by atoms with Gasteiger partial charge < -0.3 is 21.3 Å². The molecule has 0 amide bonds. The third kappa shape index (κ3) is 5.86. The summed E-state index contributed by atoms with van der Waals surface area (Å²) in [6, 6.07) is 6.34. The number of nitrogens with zero attached hydrogens (tertiary/aromatic N) is 9. The van der Waals surface area contributed by atoms with E-state index in [4.69, 9.17) is 11.5 Å². The summed E-state index contributed by atoms with van der Waals surface area (Å²) in [6.07, 6.45) is 2.03. The van der Waals surface area contributed by atoms with Gasteiger partial charge in [0, 0.05) is 64.5 Å². The third-order valence-electron chi connectivity index (χ3n) is 7.59. The van der Waals surface area contributed by atoms with Gasteiger partial charge in [-0.2, -0.15) is 0 Å². The van der Waals surface area contributed by atoms with Gasteiger partial charge in [0.2, 0.25) is 11.0 Å². The van der Waals surface area contributed by atoms with E-state index in [1.54, 1.807) is 12.1 Å². The number of benzene rings is 2. The second-order valence-electron chi connectivity index (χ2n) is 9.93. The van der Waals surface area contributed by atoms with Crippen LogP contribution < -0.4 is 21.3 Å². The van der Waals surface area contributed by atoms with Crippen molar-refractivity contribution in [2.24, 2.45) is 17.4 Å². The summed E-state index contributed by atoms with van der Waals surface area (Å²) in [5.74, 6) is 0.551. The van der Waals surface area contributed by atoms with E-state index in [1.807, 2.05) is 0 Å². The van der Waals surface area contributed by atoms with Gasteiger partial charge in [-0.3, -0.25) is 25.1 Å². The Kier molecular flexibility index (Phi) is 8.46. The maximum atomic E-state index is 11.0. The standard InChI is InChI=1S/C12H16N6O3.C12H15N5O3/c13-3-4-16-5-7-17(8-6-16)9-1-2-10(18(19)20)12-11(9)14-21-15-12;13-7-8-3-5-16(6-4-8)9-1-2-10(17(18)19)12-11(9)14-20-15-12/h1-2H,3-8,13H2;1-2,8H,3-7,13H2. The lowest BCUT2D eigenvalue weighted by molar-refractivity contribution is -0.383. The number of nitro benzene ring substituents is 2. The Bertz CT molecular complexity index is 1510. The maximum absolute atomic E-state index is 11.0. The van der Waals surface area contributed by atoms with Crippen LogP contribution in [-0.2, 0) is 0 Å². The predicted molar refractivity (Wildman–Crippen MR) is 149 cm³/mol. The molecule has 0 bridgehead atoms. The van der Waals surface area contributed by atoms with Crippen LogP contribution >= 0.6 is 0 Å². The van der Waals surface area contributed by atoms with Crippen LogP contribution in [0.3, 0.4) is 0 Å². The van der Waals surface area contributed by atoms with Crippen molar-refractivity contribution < 1.29 is 19.1 Å². The van der Waals surface area contributed by atoms with Crippen LogP contribution in [0.4, 0.5) is 22.7 Å². The Labute approximate surface area is 233 Å². The molecule has 2 aromatic carbocycles. The van der Waals surface area contributed by atoms with Gasteiger partial charge in [-0.1, -0.05) is 0 Å². The number of hydrogen-bond donors (Lipinski definition) is 2. The Morgan fingerprint density at radius 3 is 1.63 bits per heavy atom.